The number of benzene rings is 1. The number of rotatable bonds is 10. The van der Waals surface area contributed by atoms with Gasteiger partial charge in [-0.1, -0.05) is 57.0 Å². The molecule has 0 saturated heterocycles. The molecule has 0 N–H and O–H groups in total. The van der Waals surface area contributed by atoms with Crippen molar-refractivity contribution in [2.45, 2.75) is 143 Å². The van der Waals surface area contributed by atoms with Gasteiger partial charge >= 0.3 is 11.9 Å². The minimum atomic E-state index is -0.477. The van der Waals surface area contributed by atoms with Crippen molar-refractivity contribution in [2.75, 3.05) is 6.61 Å². The van der Waals surface area contributed by atoms with Crippen molar-refractivity contribution in [1.29, 1.82) is 0 Å². The highest BCUT2D eigenvalue weighted by molar-refractivity contribution is 5.89. The Balaban J connectivity index is 1.14. The second-order valence-electron chi connectivity index (χ2n) is 17.1. The van der Waals surface area contributed by atoms with Gasteiger partial charge in [0.25, 0.3) is 0 Å². The van der Waals surface area contributed by atoms with Crippen molar-refractivity contribution in [1.82, 2.24) is 0 Å². The first-order chi connectivity index (χ1) is 21.1. The van der Waals surface area contributed by atoms with Crippen LogP contribution in [0.3, 0.4) is 0 Å². The summed E-state index contributed by atoms with van der Waals surface area (Å²) in [4.78, 5) is 24.9. The first-order valence-electron chi connectivity index (χ1n) is 17.9. The highest BCUT2D eigenvalue weighted by atomic mass is 16.6. The van der Waals surface area contributed by atoms with E-state index in [4.69, 9.17) is 14.2 Å². The molecule has 0 aromatic heterocycles. The summed E-state index contributed by atoms with van der Waals surface area (Å²) >= 11 is 0. The lowest BCUT2D eigenvalue weighted by molar-refractivity contribution is -0.163. The van der Waals surface area contributed by atoms with Crippen molar-refractivity contribution in [3.8, 4) is 0 Å². The number of carbonyl (C=O) groups is 2. The third-order valence-corrected chi connectivity index (χ3v) is 12.5. The third-order valence-electron chi connectivity index (χ3n) is 12.5. The average Bonchev–Trinajstić information content (AvgIpc) is 3.32. The molecule has 0 heterocycles. The van der Waals surface area contributed by atoms with E-state index in [1.54, 1.807) is 5.57 Å². The molecule has 5 rings (SSSR count). The van der Waals surface area contributed by atoms with E-state index >= 15 is 0 Å². The van der Waals surface area contributed by atoms with Gasteiger partial charge in [-0.3, -0.25) is 0 Å². The van der Waals surface area contributed by atoms with Gasteiger partial charge in [0.05, 0.1) is 11.7 Å². The van der Waals surface area contributed by atoms with E-state index < -0.39 is 11.2 Å². The van der Waals surface area contributed by atoms with Crippen molar-refractivity contribution >= 4 is 11.9 Å². The van der Waals surface area contributed by atoms with Crippen molar-refractivity contribution < 1.29 is 23.8 Å². The lowest BCUT2D eigenvalue weighted by Crippen LogP contribution is -2.51. The molecule has 3 fully saturated rings. The van der Waals surface area contributed by atoms with Gasteiger partial charge < -0.3 is 14.2 Å². The number of hydrogen-bond acceptors (Lipinski definition) is 5. The molecule has 0 unspecified atom stereocenters. The minimum Gasteiger partial charge on any atom is -0.458 e. The van der Waals surface area contributed by atoms with Gasteiger partial charge in [-0.2, -0.15) is 0 Å². The van der Waals surface area contributed by atoms with Gasteiger partial charge in [0.15, 0.2) is 0 Å². The molecule has 4 aliphatic carbocycles. The summed E-state index contributed by atoms with van der Waals surface area (Å²) in [7, 11) is 0. The highest BCUT2D eigenvalue weighted by Gasteiger charge is 2.59. The zero-order chi connectivity index (χ0) is 32.6. The summed E-state index contributed by atoms with van der Waals surface area (Å²) in [6, 6.07) is 9.33. The molecule has 0 bridgehead atoms. The van der Waals surface area contributed by atoms with E-state index in [0.717, 1.165) is 55.8 Å². The number of esters is 2. The molecular formula is C40H60O5. The first-order valence-corrected chi connectivity index (χ1v) is 17.9. The van der Waals surface area contributed by atoms with Crippen LogP contribution in [0.4, 0.5) is 0 Å². The minimum absolute atomic E-state index is 0.0499. The second-order valence-corrected chi connectivity index (χ2v) is 17.1. The number of carbonyl (C=O) groups excluding carboxylic acids is 2. The average molecular weight is 621 g/mol. The van der Waals surface area contributed by atoms with Gasteiger partial charge in [-0.05, 0) is 151 Å². The molecule has 0 amide bonds. The zero-order valence-electron chi connectivity index (χ0n) is 29.5. The van der Waals surface area contributed by atoms with Crippen LogP contribution in [0, 0.1) is 40.4 Å². The standard InChI is InChI=1S/C40H60O5/c1-27(13-12-22-38(5,6)45-36(42)28-14-10-9-11-15-28)32-18-19-33-31-17-16-29-25-30(43-26-35(41)44-37(2,3)4)20-23-39(29,7)34(31)21-24-40(32,33)8/h9-11,14-16,27,30-34H,12-13,17-26H2,1-8H3/t27-,30+,31+,32-,33+,34+,39+,40-/m1/s1. The summed E-state index contributed by atoms with van der Waals surface area (Å²) in [6.45, 7) is 17.5. The van der Waals surface area contributed by atoms with E-state index in [9.17, 15) is 9.59 Å². The fourth-order valence-electron chi connectivity index (χ4n) is 10.3. The predicted octanol–water partition coefficient (Wildman–Crippen LogP) is 9.73. The Hall–Kier alpha value is -2.14. The van der Waals surface area contributed by atoms with Gasteiger partial charge in [0.2, 0.25) is 0 Å². The summed E-state index contributed by atoms with van der Waals surface area (Å²) in [5.74, 6) is 3.32. The van der Waals surface area contributed by atoms with Crippen LogP contribution in [0.5, 0.6) is 0 Å². The molecule has 5 nitrogen and oxygen atoms in total. The third kappa shape index (κ3) is 7.55. The molecule has 0 radical (unpaired) electrons. The Morgan fingerprint density at radius 3 is 2.38 bits per heavy atom. The van der Waals surface area contributed by atoms with E-state index in [1.165, 1.54) is 38.5 Å². The number of ether oxygens (including phenoxy) is 3. The molecule has 4 aliphatic rings. The SMILES string of the molecule is C[C@H](CCCC(C)(C)OC(=O)c1ccccc1)[C@H]1CC[C@H]2[C@@H]3CC=C4C[C@@H](OCC(=O)OC(C)(C)C)CC[C@]4(C)[C@H]3CC[C@]12C. The second kappa shape index (κ2) is 13.2. The van der Waals surface area contributed by atoms with Gasteiger partial charge in [0, 0.05) is 0 Å². The fraction of sp³-hybridized carbons (Fsp3) is 0.750. The molecule has 1 aromatic carbocycles. The van der Waals surface area contributed by atoms with Gasteiger partial charge in [-0.15, -0.1) is 0 Å². The quantitative estimate of drug-likeness (QED) is 0.192. The van der Waals surface area contributed by atoms with Crippen molar-refractivity contribution in [3.63, 3.8) is 0 Å². The van der Waals surface area contributed by atoms with Crippen molar-refractivity contribution in [3.05, 3.63) is 47.5 Å². The summed E-state index contributed by atoms with van der Waals surface area (Å²) in [6.07, 6.45) is 15.6. The van der Waals surface area contributed by atoms with Gasteiger partial charge in [-0.25, -0.2) is 9.59 Å². The van der Waals surface area contributed by atoms with Crippen LogP contribution in [0.15, 0.2) is 42.0 Å². The Morgan fingerprint density at radius 2 is 1.67 bits per heavy atom. The largest absolute Gasteiger partial charge is 0.458 e. The topological polar surface area (TPSA) is 61.8 Å². The van der Waals surface area contributed by atoms with E-state index in [0.29, 0.717) is 16.9 Å². The monoisotopic (exact) mass is 620 g/mol. The van der Waals surface area contributed by atoms with Crippen LogP contribution in [0.1, 0.15) is 136 Å². The molecular weight excluding hydrogens is 560 g/mol. The maximum absolute atomic E-state index is 12.7. The predicted molar refractivity (Wildman–Crippen MR) is 180 cm³/mol. The number of hydrogen-bond donors (Lipinski definition) is 0. The van der Waals surface area contributed by atoms with Crippen LogP contribution in [-0.2, 0) is 19.0 Å². The molecule has 8 atom stereocenters. The summed E-state index contributed by atoms with van der Waals surface area (Å²) in [5, 5.41) is 0. The normalized spacial score (nSPS) is 33.7. The Kier molecular flexibility index (Phi) is 10.0. The molecule has 45 heavy (non-hydrogen) atoms. The molecule has 1 aromatic rings. The highest BCUT2D eigenvalue weighted by Crippen LogP contribution is 2.67. The first kappa shape index (κ1) is 34.2. The van der Waals surface area contributed by atoms with Crippen LogP contribution < -0.4 is 0 Å². The lowest BCUT2D eigenvalue weighted by Gasteiger charge is -2.58. The van der Waals surface area contributed by atoms with E-state index in [1.807, 2.05) is 51.1 Å². The number of fused-ring (bicyclic) bond motifs is 5. The molecule has 3 saturated carbocycles. The van der Waals surface area contributed by atoms with Crippen molar-refractivity contribution in [2.24, 2.45) is 40.4 Å². The Labute approximate surface area is 273 Å². The maximum atomic E-state index is 12.7. The fourth-order valence-corrected chi connectivity index (χ4v) is 10.3. The van der Waals surface area contributed by atoms with Crippen LogP contribution in [0.25, 0.3) is 0 Å². The number of allylic oxidation sites excluding steroid dienone is 1. The van der Waals surface area contributed by atoms with Crippen LogP contribution >= 0.6 is 0 Å². The summed E-state index contributed by atoms with van der Waals surface area (Å²) < 4.78 is 17.5. The van der Waals surface area contributed by atoms with Crippen LogP contribution in [0.2, 0.25) is 0 Å². The molecule has 250 valence electrons. The Bertz CT molecular complexity index is 1230. The molecule has 5 heteroatoms. The molecule has 0 spiro atoms. The smallest absolute Gasteiger partial charge is 0.338 e. The Morgan fingerprint density at radius 1 is 0.933 bits per heavy atom. The van der Waals surface area contributed by atoms with E-state index in [-0.39, 0.29) is 30.1 Å². The summed E-state index contributed by atoms with van der Waals surface area (Å²) in [5.41, 5.74) is 1.96. The zero-order valence-corrected chi connectivity index (χ0v) is 29.5. The maximum Gasteiger partial charge on any atom is 0.338 e. The van der Waals surface area contributed by atoms with Crippen LogP contribution in [-0.4, -0.2) is 35.9 Å². The molecule has 0 aliphatic heterocycles. The van der Waals surface area contributed by atoms with E-state index in [2.05, 4.69) is 40.7 Å². The van der Waals surface area contributed by atoms with Gasteiger partial charge in [0.1, 0.15) is 17.8 Å². The lowest BCUT2D eigenvalue weighted by atomic mass is 9.47.